The SMILES string of the molecule is COc1ccc(CCNC(=O)c2ccc(CSc3ccc(-c4ccc(F)cc4)nn3)o2)cc1OC. The normalized spacial score (nSPS) is 10.7. The van der Waals surface area contributed by atoms with Crippen molar-refractivity contribution >= 4 is 17.7 Å². The topological polar surface area (TPSA) is 86.5 Å². The van der Waals surface area contributed by atoms with E-state index in [0.29, 0.717) is 46.7 Å². The van der Waals surface area contributed by atoms with Gasteiger partial charge in [-0.15, -0.1) is 10.2 Å². The van der Waals surface area contributed by atoms with Gasteiger partial charge in [0.05, 0.1) is 25.7 Å². The van der Waals surface area contributed by atoms with Gasteiger partial charge in [-0.05, 0) is 72.6 Å². The molecule has 0 saturated heterocycles. The summed E-state index contributed by atoms with van der Waals surface area (Å²) in [5.74, 6) is 2.16. The van der Waals surface area contributed by atoms with Crippen LogP contribution in [0.15, 0.2) is 76.2 Å². The summed E-state index contributed by atoms with van der Waals surface area (Å²) in [5, 5.41) is 12.0. The summed E-state index contributed by atoms with van der Waals surface area (Å²) in [6, 6.07) is 18.9. The molecule has 1 amide bonds. The van der Waals surface area contributed by atoms with Gasteiger partial charge < -0.3 is 19.2 Å². The molecule has 0 unspecified atom stereocenters. The summed E-state index contributed by atoms with van der Waals surface area (Å²) in [7, 11) is 3.18. The monoisotopic (exact) mass is 493 g/mol. The second-order valence-electron chi connectivity index (χ2n) is 7.51. The molecule has 0 aliphatic rings. The number of rotatable bonds is 10. The molecule has 180 valence electrons. The summed E-state index contributed by atoms with van der Waals surface area (Å²) in [5.41, 5.74) is 2.48. The summed E-state index contributed by atoms with van der Waals surface area (Å²) in [4.78, 5) is 12.4. The summed E-state index contributed by atoms with van der Waals surface area (Å²) in [6.45, 7) is 0.453. The maximum atomic E-state index is 13.1. The van der Waals surface area contributed by atoms with Crippen LogP contribution in [0.5, 0.6) is 11.5 Å². The fraction of sp³-hybridized carbons (Fsp3) is 0.192. The Kier molecular flexibility index (Phi) is 7.99. The highest BCUT2D eigenvalue weighted by molar-refractivity contribution is 7.98. The highest BCUT2D eigenvalue weighted by Crippen LogP contribution is 2.28. The van der Waals surface area contributed by atoms with Gasteiger partial charge in [0, 0.05) is 12.1 Å². The highest BCUT2D eigenvalue weighted by atomic mass is 32.2. The number of carbonyl (C=O) groups excluding carboxylic acids is 1. The van der Waals surface area contributed by atoms with Gasteiger partial charge in [0.1, 0.15) is 16.6 Å². The summed E-state index contributed by atoms with van der Waals surface area (Å²) >= 11 is 1.45. The van der Waals surface area contributed by atoms with Gasteiger partial charge in [0.25, 0.3) is 5.91 Å². The molecule has 2 aromatic heterocycles. The number of furan rings is 1. The van der Waals surface area contributed by atoms with E-state index in [-0.39, 0.29) is 17.5 Å². The Morgan fingerprint density at radius 3 is 2.49 bits per heavy atom. The first-order valence-electron chi connectivity index (χ1n) is 10.9. The van der Waals surface area contributed by atoms with Crippen molar-refractivity contribution in [1.29, 1.82) is 0 Å². The van der Waals surface area contributed by atoms with Gasteiger partial charge in [0.15, 0.2) is 17.3 Å². The van der Waals surface area contributed by atoms with Crippen LogP contribution >= 0.6 is 11.8 Å². The third-order valence-corrected chi connectivity index (χ3v) is 6.12. The number of nitrogens with zero attached hydrogens (tertiary/aromatic N) is 2. The maximum Gasteiger partial charge on any atom is 0.287 e. The first kappa shape index (κ1) is 24.3. The minimum atomic E-state index is -0.293. The molecule has 2 heterocycles. The number of carbonyl (C=O) groups is 1. The van der Waals surface area contributed by atoms with E-state index in [1.807, 2.05) is 30.3 Å². The molecule has 35 heavy (non-hydrogen) atoms. The van der Waals surface area contributed by atoms with Crippen molar-refractivity contribution < 1.29 is 23.1 Å². The third-order valence-electron chi connectivity index (χ3n) is 5.17. The van der Waals surface area contributed by atoms with E-state index in [4.69, 9.17) is 13.9 Å². The third kappa shape index (κ3) is 6.39. The number of ether oxygens (including phenoxy) is 2. The Morgan fingerprint density at radius 2 is 1.77 bits per heavy atom. The molecule has 1 N–H and O–H groups in total. The number of nitrogens with one attached hydrogen (secondary N) is 1. The Labute approximate surface area is 206 Å². The van der Waals surface area contributed by atoms with E-state index < -0.39 is 0 Å². The highest BCUT2D eigenvalue weighted by Gasteiger charge is 2.12. The number of hydrogen-bond donors (Lipinski definition) is 1. The predicted molar refractivity (Wildman–Crippen MR) is 131 cm³/mol. The summed E-state index contributed by atoms with van der Waals surface area (Å²) in [6.07, 6.45) is 0.641. The van der Waals surface area contributed by atoms with E-state index in [9.17, 15) is 9.18 Å². The molecule has 0 radical (unpaired) electrons. The summed E-state index contributed by atoms with van der Waals surface area (Å²) < 4.78 is 29.3. The average Bonchev–Trinajstić information content (AvgIpc) is 3.37. The van der Waals surface area contributed by atoms with E-state index in [2.05, 4.69) is 15.5 Å². The van der Waals surface area contributed by atoms with Crippen LogP contribution in [0, 0.1) is 5.82 Å². The van der Waals surface area contributed by atoms with Crippen LogP contribution in [0.2, 0.25) is 0 Å². The van der Waals surface area contributed by atoms with Crippen molar-refractivity contribution in [3.05, 3.63) is 89.6 Å². The van der Waals surface area contributed by atoms with E-state index in [1.54, 1.807) is 38.5 Å². The van der Waals surface area contributed by atoms with Crippen LogP contribution in [0.3, 0.4) is 0 Å². The lowest BCUT2D eigenvalue weighted by Gasteiger charge is -2.09. The smallest absolute Gasteiger partial charge is 0.287 e. The largest absolute Gasteiger partial charge is 0.493 e. The number of halogens is 1. The predicted octanol–water partition coefficient (Wildman–Crippen LogP) is 5.16. The van der Waals surface area contributed by atoms with Crippen LogP contribution in [0.25, 0.3) is 11.3 Å². The maximum absolute atomic E-state index is 13.1. The van der Waals surface area contributed by atoms with Crippen molar-refractivity contribution in [2.24, 2.45) is 0 Å². The van der Waals surface area contributed by atoms with Crippen molar-refractivity contribution in [3.8, 4) is 22.8 Å². The lowest BCUT2D eigenvalue weighted by atomic mass is 10.1. The second kappa shape index (κ2) is 11.5. The molecule has 0 aliphatic heterocycles. The second-order valence-corrected chi connectivity index (χ2v) is 8.51. The first-order valence-corrected chi connectivity index (χ1v) is 11.8. The zero-order chi connectivity index (χ0) is 24.6. The molecule has 4 aromatic rings. The zero-order valence-corrected chi connectivity index (χ0v) is 20.1. The number of aromatic nitrogens is 2. The lowest BCUT2D eigenvalue weighted by molar-refractivity contribution is 0.0925. The number of hydrogen-bond acceptors (Lipinski definition) is 7. The van der Waals surface area contributed by atoms with Crippen molar-refractivity contribution in [3.63, 3.8) is 0 Å². The minimum absolute atomic E-state index is 0.255. The molecule has 0 bridgehead atoms. The van der Waals surface area contributed by atoms with Crippen LogP contribution in [-0.4, -0.2) is 36.9 Å². The number of methoxy groups -OCH3 is 2. The fourth-order valence-electron chi connectivity index (χ4n) is 3.34. The van der Waals surface area contributed by atoms with Gasteiger partial charge in [-0.1, -0.05) is 17.8 Å². The molecule has 0 spiro atoms. The Hall–Kier alpha value is -3.85. The molecule has 7 nitrogen and oxygen atoms in total. The molecule has 0 saturated carbocycles. The number of benzene rings is 2. The van der Waals surface area contributed by atoms with E-state index in [0.717, 1.165) is 11.1 Å². The van der Waals surface area contributed by atoms with Crippen LogP contribution in [-0.2, 0) is 12.2 Å². The molecular weight excluding hydrogens is 469 g/mol. The van der Waals surface area contributed by atoms with Crippen molar-refractivity contribution in [1.82, 2.24) is 15.5 Å². The van der Waals surface area contributed by atoms with E-state index in [1.165, 1.54) is 23.9 Å². The Balaban J connectivity index is 1.26. The van der Waals surface area contributed by atoms with Crippen molar-refractivity contribution in [2.45, 2.75) is 17.2 Å². The van der Waals surface area contributed by atoms with Gasteiger partial charge in [-0.25, -0.2) is 4.39 Å². The molecule has 9 heteroatoms. The van der Waals surface area contributed by atoms with E-state index >= 15 is 0 Å². The van der Waals surface area contributed by atoms with Gasteiger partial charge in [-0.2, -0.15) is 0 Å². The lowest BCUT2D eigenvalue weighted by Crippen LogP contribution is -2.25. The minimum Gasteiger partial charge on any atom is -0.493 e. The average molecular weight is 494 g/mol. The molecule has 0 aliphatic carbocycles. The first-order chi connectivity index (χ1) is 17.1. The molecule has 2 aromatic carbocycles. The fourth-order valence-corrected chi connectivity index (χ4v) is 4.05. The molecule has 4 rings (SSSR count). The van der Waals surface area contributed by atoms with Gasteiger partial charge in [0.2, 0.25) is 0 Å². The Bertz CT molecular complexity index is 1280. The molecule has 0 atom stereocenters. The van der Waals surface area contributed by atoms with Crippen LogP contribution in [0.4, 0.5) is 4.39 Å². The van der Waals surface area contributed by atoms with Crippen molar-refractivity contribution in [2.75, 3.05) is 20.8 Å². The number of thioether (sulfide) groups is 1. The van der Waals surface area contributed by atoms with Crippen LogP contribution < -0.4 is 14.8 Å². The Morgan fingerprint density at radius 1 is 0.971 bits per heavy atom. The number of amides is 1. The zero-order valence-electron chi connectivity index (χ0n) is 19.3. The van der Waals surface area contributed by atoms with Gasteiger partial charge >= 0.3 is 0 Å². The molecular formula is C26H24FN3O4S. The van der Waals surface area contributed by atoms with Gasteiger partial charge in [-0.3, -0.25) is 4.79 Å². The van der Waals surface area contributed by atoms with Crippen LogP contribution in [0.1, 0.15) is 21.9 Å². The standard InChI is InChI=1S/C26H24FN3O4S/c1-32-22-10-3-17(15-24(22)33-2)13-14-28-26(31)23-11-8-20(34-23)16-35-25-12-9-21(29-30-25)18-4-6-19(27)7-5-18/h3-12,15H,13-14,16H2,1-2H3,(H,28,31). The molecule has 0 fully saturated rings. The quantitative estimate of drug-likeness (QED) is 0.306.